The second-order valence-electron chi connectivity index (χ2n) is 5.10. The molecule has 0 radical (unpaired) electrons. The smallest absolute Gasteiger partial charge is 0.238 e. The first-order valence-electron chi connectivity index (χ1n) is 6.67. The van der Waals surface area contributed by atoms with Gasteiger partial charge >= 0.3 is 0 Å². The van der Waals surface area contributed by atoms with E-state index in [0.29, 0.717) is 0 Å². The second kappa shape index (κ2) is 5.43. The summed E-state index contributed by atoms with van der Waals surface area (Å²) in [5.74, 6) is 1.89. The van der Waals surface area contributed by atoms with Crippen LogP contribution in [0, 0.1) is 0 Å². The number of nitrogens with zero attached hydrogens (tertiary/aromatic N) is 1. The third-order valence-electron chi connectivity index (χ3n) is 3.83. The van der Waals surface area contributed by atoms with Gasteiger partial charge in [0, 0.05) is 30.9 Å². The number of para-hydroxylation sites is 1. The van der Waals surface area contributed by atoms with Gasteiger partial charge in [-0.15, -0.1) is 11.8 Å². The number of carbonyl (C=O) groups is 1. The molecule has 0 saturated carbocycles. The van der Waals surface area contributed by atoms with Gasteiger partial charge in [0.25, 0.3) is 0 Å². The third kappa shape index (κ3) is 2.58. The number of amides is 1. The number of hydrogen-bond acceptors (Lipinski definition) is 4. The standard InChI is InChI=1S/C14H19N3OS/c1-17-7-6-11(10-4-2-3-5-13(10)17)16-14(18)12-8-19-9-15-12/h2-5,11-12,15H,6-9H2,1H3,(H,16,18). The lowest BCUT2D eigenvalue weighted by atomic mass is 9.96. The van der Waals surface area contributed by atoms with Crippen LogP contribution in [0.25, 0.3) is 0 Å². The average molecular weight is 277 g/mol. The number of thioether (sulfide) groups is 1. The van der Waals surface area contributed by atoms with Crippen LogP contribution in [0.3, 0.4) is 0 Å². The Morgan fingerprint density at radius 2 is 2.32 bits per heavy atom. The first-order valence-corrected chi connectivity index (χ1v) is 7.83. The number of anilines is 1. The molecule has 0 aromatic heterocycles. The summed E-state index contributed by atoms with van der Waals surface area (Å²) in [6.45, 7) is 0.981. The van der Waals surface area contributed by atoms with Crippen LogP contribution in [0.1, 0.15) is 18.0 Å². The highest BCUT2D eigenvalue weighted by molar-refractivity contribution is 7.99. The molecule has 3 rings (SSSR count). The van der Waals surface area contributed by atoms with Crippen molar-refractivity contribution in [3.05, 3.63) is 29.8 Å². The summed E-state index contributed by atoms with van der Waals surface area (Å²) in [7, 11) is 2.10. The van der Waals surface area contributed by atoms with Crippen LogP contribution < -0.4 is 15.5 Å². The fraction of sp³-hybridized carbons (Fsp3) is 0.500. The molecular weight excluding hydrogens is 258 g/mol. The lowest BCUT2D eigenvalue weighted by Gasteiger charge is -2.34. The summed E-state index contributed by atoms with van der Waals surface area (Å²) in [5.41, 5.74) is 2.46. The molecule has 102 valence electrons. The molecule has 1 aromatic rings. The van der Waals surface area contributed by atoms with Crippen LogP contribution in [0.4, 0.5) is 5.69 Å². The summed E-state index contributed by atoms with van der Waals surface area (Å²) < 4.78 is 0. The molecule has 4 nitrogen and oxygen atoms in total. The van der Waals surface area contributed by atoms with Crippen LogP contribution in [-0.4, -0.2) is 37.2 Å². The van der Waals surface area contributed by atoms with E-state index in [4.69, 9.17) is 0 Å². The van der Waals surface area contributed by atoms with Crippen molar-refractivity contribution in [2.24, 2.45) is 0 Å². The normalized spacial score (nSPS) is 26.1. The van der Waals surface area contributed by atoms with E-state index in [1.807, 2.05) is 6.07 Å². The van der Waals surface area contributed by atoms with Crippen molar-refractivity contribution in [3.8, 4) is 0 Å². The molecule has 0 aliphatic carbocycles. The Bertz CT molecular complexity index is 474. The van der Waals surface area contributed by atoms with Crippen LogP contribution >= 0.6 is 11.8 Å². The lowest BCUT2D eigenvalue weighted by Crippen LogP contribution is -2.45. The minimum Gasteiger partial charge on any atom is -0.374 e. The van der Waals surface area contributed by atoms with Crippen LogP contribution in [0.5, 0.6) is 0 Å². The molecule has 5 heteroatoms. The maximum atomic E-state index is 12.2. The van der Waals surface area contributed by atoms with E-state index in [0.717, 1.165) is 24.6 Å². The van der Waals surface area contributed by atoms with Crippen molar-refractivity contribution in [2.75, 3.05) is 30.1 Å². The molecule has 1 saturated heterocycles. The van der Waals surface area contributed by atoms with Gasteiger partial charge in [-0.05, 0) is 18.1 Å². The molecule has 2 atom stereocenters. The summed E-state index contributed by atoms with van der Waals surface area (Å²) in [4.78, 5) is 14.5. The SMILES string of the molecule is CN1CCC(NC(=O)C2CSCN2)c2ccccc21. The molecule has 2 aliphatic rings. The van der Waals surface area contributed by atoms with E-state index in [1.165, 1.54) is 11.3 Å². The Morgan fingerprint density at radius 3 is 3.11 bits per heavy atom. The fourth-order valence-electron chi connectivity index (χ4n) is 2.71. The predicted molar refractivity (Wildman–Crippen MR) is 79.5 cm³/mol. The minimum absolute atomic E-state index is 0.0307. The summed E-state index contributed by atoms with van der Waals surface area (Å²) in [6.07, 6.45) is 0.971. The maximum absolute atomic E-state index is 12.2. The minimum atomic E-state index is -0.0307. The fourth-order valence-corrected chi connectivity index (χ4v) is 3.66. The summed E-state index contributed by atoms with van der Waals surface area (Å²) in [5, 5.41) is 6.42. The quantitative estimate of drug-likeness (QED) is 0.856. The Kier molecular flexibility index (Phi) is 3.66. The molecule has 2 N–H and O–H groups in total. The molecule has 0 bridgehead atoms. The number of benzene rings is 1. The van der Waals surface area contributed by atoms with Crippen molar-refractivity contribution in [1.29, 1.82) is 0 Å². The van der Waals surface area contributed by atoms with E-state index in [2.05, 4.69) is 40.8 Å². The molecule has 1 aromatic carbocycles. The van der Waals surface area contributed by atoms with Crippen molar-refractivity contribution in [1.82, 2.24) is 10.6 Å². The summed E-state index contributed by atoms with van der Waals surface area (Å²) >= 11 is 1.78. The van der Waals surface area contributed by atoms with Gasteiger partial charge in [0.2, 0.25) is 5.91 Å². The Balaban J connectivity index is 1.75. The van der Waals surface area contributed by atoms with Crippen molar-refractivity contribution < 1.29 is 4.79 Å². The predicted octanol–water partition coefficient (Wildman–Crippen LogP) is 1.35. The van der Waals surface area contributed by atoms with Gasteiger partial charge in [-0.1, -0.05) is 18.2 Å². The Labute approximate surface area is 117 Å². The average Bonchev–Trinajstić information content (AvgIpc) is 2.96. The number of fused-ring (bicyclic) bond motifs is 1. The number of carbonyl (C=O) groups excluding carboxylic acids is 1. The second-order valence-corrected chi connectivity index (χ2v) is 6.13. The third-order valence-corrected chi connectivity index (χ3v) is 4.77. The number of hydrogen-bond donors (Lipinski definition) is 2. The number of nitrogens with one attached hydrogen (secondary N) is 2. The molecule has 19 heavy (non-hydrogen) atoms. The first kappa shape index (κ1) is 12.8. The molecule has 2 unspecified atom stereocenters. The zero-order valence-corrected chi connectivity index (χ0v) is 11.9. The maximum Gasteiger partial charge on any atom is 0.238 e. The molecule has 2 aliphatic heterocycles. The molecule has 1 fully saturated rings. The topological polar surface area (TPSA) is 44.4 Å². The molecule has 1 amide bonds. The van der Waals surface area contributed by atoms with Gasteiger partial charge < -0.3 is 10.2 Å². The van der Waals surface area contributed by atoms with Gasteiger partial charge in [-0.25, -0.2) is 0 Å². The largest absolute Gasteiger partial charge is 0.374 e. The Morgan fingerprint density at radius 1 is 1.47 bits per heavy atom. The van der Waals surface area contributed by atoms with Gasteiger partial charge in [0.1, 0.15) is 0 Å². The summed E-state index contributed by atoms with van der Waals surface area (Å²) in [6, 6.07) is 8.45. The van der Waals surface area contributed by atoms with E-state index >= 15 is 0 Å². The monoisotopic (exact) mass is 277 g/mol. The van der Waals surface area contributed by atoms with Gasteiger partial charge in [0.05, 0.1) is 12.1 Å². The van der Waals surface area contributed by atoms with Crippen LogP contribution in [0.2, 0.25) is 0 Å². The highest BCUT2D eigenvalue weighted by Gasteiger charge is 2.28. The molecule has 2 heterocycles. The molecular formula is C14H19N3OS. The Hall–Kier alpha value is -1.20. The zero-order chi connectivity index (χ0) is 13.2. The van der Waals surface area contributed by atoms with E-state index in [-0.39, 0.29) is 18.0 Å². The zero-order valence-electron chi connectivity index (χ0n) is 11.1. The van der Waals surface area contributed by atoms with E-state index < -0.39 is 0 Å². The highest BCUT2D eigenvalue weighted by Crippen LogP contribution is 2.32. The van der Waals surface area contributed by atoms with Crippen molar-refractivity contribution in [3.63, 3.8) is 0 Å². The van der Waals surface area contributed by atoms with Crippen LogP contribution in [0.15, 0.2) is 24.3 Å². The molecule has 0 spiro atoms. The van der Waals surface area contributed by atoms with Crippen molar-refractivity contribution in [2.45, 2.75) is 18.5 Å². The van der Waals surface area contributed by atoms with Gasteiger partial charge in [0.15, 0.2) is 0 Å². The van der Waals surface area contributed by atoms with E-state index in [1.54, 1.807) is 11.8 Å². The van der Waals surface area contributed by atoms with Crippen LogP contribution in [-0.2, 0) is 4.79 Å². The highest BCUT2D eigenvalue weighted by atomic mass is 32.2. The lowest BCUT2D eigenvalue weighted by molar-refractivity contribution is -0.123. The van der Waals surface area contributed by atoms with Crippen molar-refractivity contribution >= 4 is 23.4 Å². The van der Waals surface area contributed by atoms with E-state index in [9.17, 15) is 4.79 Å². The first-order chi connectivity index (χ1) is 9.25. The number of rotatable bonds is 2. The van der Waals surface area contributed by atoms with Gasteiger partial charge in [-0.2, -0.15) is 0 Å². The van der Waals surface area contributed by atoms with Gasteiger partial charge in [-0.3, -0.25) is 10.1 Å².